The molecule has 3 amide bonds. The number of ether oxygens (including phenoxy) is 5. The number of nitrogens with zero attached hydrogens (tertiary/aromatic N) is 5. The number of benzene rings is 4. The summed E-state index contributed by atoms with van der Waals surface area (Å²) in [6.07, 6.45) is 17.1. The van der Waals surface area contributed by atoms with Crippen molar-refractivity contribution in [3.63, 3.8) is 0 Å². The minimum absolute atomic E-state index is 0.0595. The van der Waals surface area contributed by atoms with Crippen LogP contribution in [-0.4, -0.2) is 88.5 Å². The van der Waals surface area contributed by atoms with Gasteiger partial charge in [-0.05, 0) is 115 Å². The monoisotopic (exact) mass is 959 g/mol. The second-order valence-electron chi connectivity index (χ2n) is 16.8. The normalized spacial score (nSPS) is 15.3. The van der Waals surface area contributed by atoms with Gasteiger partial charge in [0, 0.05) is 73.4 Å². The predicted molar refractivity (Wildman–Crippen MR) is 272 cm³/mol. The van der Waals surface area contributed by atoms with Gasteiger partial charge >= 0.3 is 12.2 Å². The van der Waals surface area contributed by atoms with Gasteiger partial charge in [0.05, 0.1) is 69.7 Å². The summed E-state index contributed by atoms with van der Waals surface area (Å²) in [5.41, 5.74) is 11.7. The molecule has 366 valence electrons. The van der Waals surface area contributed by atoms with Crippen molar-refractivity contribution in [1.29, 1.82) is 0 Å². The van der Waals surface area contributed by atoms with E-state index in [1.807, 2.05) is 98.1 Å². The van der Waals surface area contributed by atoms with E-state index in [4.69, 9.17) is 23.7 Å². The highest BCUT2D eigenvalue weighted by molar-refractivity contribution is 5.92. The molecule has 0 saturated carbocycles. The molecule has 3 aliphatic heterocycles. The van der Waals surface area contributed by atoms with Gasteiger partial charge in [-0.15, -0.1) is 0 Å². The molecule has 71 heavy (non-hydrogen) atoms. The van der Waals surface area contributed by atoms with Gasteiger partial charge in [0.25, 0.3) is 0 Å². The van der Waals surface area contributed by atoms with Crippen LogP contribution < -0.4 is 29.3 Å². The molecule has 6 heterocycles. The Morgan fingerprint density at radius 2 is 1.37 bits per heavy atom. The zero-order valence-electron chi connectivity index (χ0n) is 40.1. The summed E-state index contributed by atoms with van der Waals surface area (Å²) in [7, 11) is 3.04. The topological polar surface area (TPSA) is 202 Å². The Labute approximate surface area is 411 Å². The van der Waals surface area contributed by atoms with E-state index in [-0.39, 0.29) is 12.5 Å². The Hall–Kier alpha value is -8.60. The number of imidazole rings is 3. The summed E-state index contributed by atoms with van der Waals surface area (Å²) in [4.78, 5) is 60.2. The number of hydrogen-bond acceptors (Lipinski definition) is 11. The lowest BCUT2D eigenvalue weighted by Gasteiger charge is -2.28. The number of fused-ring (bicyclic) bond motifs is 3. The molecule has 0 radical (unpaired) electrons. The first-order valence-corrected chi connectivity index (χ1v) is 23.4. The molecule has 4 N–H and O–H groups in total. The van der Waals surface area contributed by atoms with Crippen LogP contribution in [0, 0.1) is 0 Å². The third-order valence-corrected chi connectivity index (χ3v) is 12.1. The number of anilines is 3. The van der Waals surface area contributed by atoms with Gasteiger partial charge in [-0.25, -0.2) is 24.5 Å². The maximum atomic E-state index is 12.1. The molecule has 0 bridgehead atoms. The summed E-state index contributed by atoms with van der Waals surface area (Å²) >= 11 is 0. The van der Waals surface area contributed by atoms with E-state index in [0.717, 1.165) is 106 Å². The van der Waals surface area contributed by atoms with E-state index in [1.165, 1.54) is 17.6 Å². The van der Waals surface area contributed by atoms with Crippen LogP contribution in [0.4, 0.5) is 26.7 Å². The molecule has 4 aromatic carbocycles. The number of methoxy groups -OCH3 is 1. The summed E-state index contributed by atoms with van der Waals surface area (Å²) in [6.45, 7) is 6.47. The number of H-pyrrole nitrogens is 3. The fourth-order valence-electron chi connectivity index (χ4n) is 8.47. The van der Waals surface area contributed by atoms with Gasteiger partial charge in [0.2, 0.25) is 5.91 Å². The van der Waals surface area contributed by atoms with Crippen LogP contribution in [0.2, 0.25) is 0 Å². The highest BCUT2D eigenvalue weighted by Gasteiger charge is 2.25. The van der Waals surface area contributed by atoms with E-state index in [1.54, 1.807) is 50.2 Å². The van der Waals surface area contributed by atoms with Crippen LogP contribution >= 0.6 is 0 Å². The van der Waals surface area contributed by atoms with Crippen molar-refractivity contribution < 1.29 is 38.1 Å². The van der Waals surface area contributed by atoms with Crippen molar-refractivity contribution in [2.45, 2.75) is 52.1 Å². The third-order valence-electron chi connectivity index (χ3n) is 12.1. The van der Waals surface area contributed by atoms with Gasteiger partial charge in [-0.1, -0.05) is 30.3 Å². The molecule has 17 heteroatoms. The molecule has 0 aliphatic carbocycles. The fourth-order valence-corrected chi connectivity index (χ4v) is 8.47. The van der Waals surface area contributed by atoms with Crippen LogP contribution in [0.25, 0.3) is 23.3 Å². The van der Waals surface area contributed by atoms with E-state index in [2.05, 4.69) is 47.4 Å². The summed E-state index contributed by atoms with van der Waals surface area (Å²) in [6, 6.07) is 26.8. The molecule has 1 atom stereocenters. The molecule has 7 aromatic rings. The Morgan fingerprint density at radius 3 is 1.99 bits per heavy atom. The third kappa shape index (κ3) is 12.7. The molecule has 3 aliphatic rings. The standard InChI is InChI=1S/C21H19N3O3.C17H21N3O2.C16H17N3O3/c25-21(27-13-15-4-2-1-3-5-15)24-17-6-7-20-19(11-17)16(8-9-26-20)10-18-12-22-14-23-18;1-3-20(12(2)21)15-4-5-17-16(9-15)13(6-7-22-17)8-14-10-18-11-19-14;1-19(16(20)21-2)13-3-4-15-14(8-13)11(5-6-22-15)7-12-9-17-10-18-12/h1-7,10-12,14H,8-9,13H2,(H,22,23)(H,24,25);4-5,9-11,13H,3,6-8H2,1-2H3,(H,18,19);3-4,7-10H,5-6H2,1-2H3,(H,17,18)/b16-10-;;11-7-. The zero-order chi connectivity index (χ0) is 49.5. The smallest absolute Gasteiger partial charge is 0.413 e. The highest BCUT2D eigenvalue weighted by Crippen LogP contribution is 2.40. The van der Waals surface area contributed by atoms with Gasteiger partial charge in [0.1, 0.15) is 23.9 Å². The van der Waals surface area contributed by atoms with Crippen molar-refractivity contribution in [2.24, 2.45) is 0 Å². The van der Waals surface area contributed by atoms with Gasteiger partial charge < -0.3 is 43.5 Å². The second-order valence-corrected chi connectivity index (χ2v) is 16.8. The Morgan fingerprint density at radius 1 is 0.746 bits per heavy atom. The van der Waals surface area contributed by atoms with Gasteiger partial charge in [-0.3, -0.25) is 15.0 Å². The first-order valence-electron chi connectivity index (χ1n) is 23.4. The SMILES string of the molecule is CCN(C(C)=O)c1ccc2c(c1)C(Cc1cnc[nH]1)CCO2.COC(=O)N(C)c1ccc2c(c1)/C(=C\c1cnc[nH]1)CCO2.O=C(Nc1ccc2c(c1)/C(=C\c1cnc[nH]1)CCO2)OCc1ccccc1. The zero-order valence-corrected chi connectivity index (χ0v) is 40.1. The van der Waals surface area contributed by atoms with Crippen LogP contribution in [0.1, 0.15) is 78.4 Å². The Kier molecular flexibility index (Phi) is 16.2. The van der Waals surface area contributed by atoms with Crippen molar-refractivity contribution in [2.75, 3.05) is 55.6 Å². The molecule has 17 nitrogen and oxygen atoms in total. The number of rotatable bonds is 10. The largest absolute Gasteiger partial charge is 0.493 e. The van der Waals surface area contributed by atoms with Crippen LogP contribution in [0.5, 0.6) is 17.2 Å². The average molecular weight is 960 g/mol. The second kappa shape index (κ2) is 23.6. The van der Waals surface area contributed by atoms with E-state index >= 15 is 0 Å². The van der Waals surface area contributed by atoms with Crippen molar-refractivity contribution in [3.8, 4) is 17.2 Å². The molecule has 3 aromatic heterocycles. The Balaban J connectivity index is 0.000000144. The van der Waals surface area contributed by atoms with E-state index in [9.17, 15) is 14.4 Å². The summed E-state index contributed by atoms with van der Waals surface area (Å²) in [5, 5.41) is 2.78. The number of aromatic amines is 3. The first-order chi connectivity index (χ1) is 34.6. The quantitative estimate of drug-likeness (QED) is 0.102. The summed E-state index contributed by atoms with van der Waals surface area (Å²) in [5.74, 6) is 2.99. The number of carbonyl (C=O) groups is 3. The van der Waals surface area contributed by atoms with E-state index in [0.29, 0.717) is 31.4 Å². The molecule has 0 saturated heterocycles. The lowest BCUT2D eigenvalue weighted by Crippen LogP contribution is -2.28. The van der Waals surface area contributed by atoms with Crippen LogP contribution in [0.15, 0.2) is 123 Å². The van der Waals surface area contributed by atoms with Gasteiger partial charge in [-0.2, -0.15) is 0 Å². The van der Waals surface area contributed by atoms with E-state index < -0.39 is 12.2 Å². The van der Waals surface area contributed by atoms with Crippen LogP contribution in [-0.2, 0) is 27.3 Å². The van der Waals surface area contributed by atoms with Crippen molar-refractivity contribution in [3.05, 3.63) is 162 Å². The molecule has 1 unspecified atom stereocenters. The number of nitrogens with one attached hydrogen (secondary N) is 4. The van der Waals surface area contributed by atoms with Crippen LogP contribution in [0.3, 0.4) is 0 Å². The molecule has 0 spiro atoms. The van der Waals surface area contributed by atoms with Crippen molar-refractivity contribution in [1.82, 2.24) is 29.9 Å². The van der Waals surface area contributed by atoms with Crippen molar-refractivity contribution >= 4 is 58.5 Å². The predicted octanol–water partition coefficient (Wildman–Crippen LogP) is 10.3. The molecular formula is C54H57N9O8. The fraction of sp³-hybridized carbons (Fsp3) is 0.259. The number of amides is 3. The Bertz CT molecular complexity index is 2940. The molecular weight excluding hydrogens is 903 g/mol. The summed E-state index contributed by atoms with van der Waals surface area (Å²) < 4.78 is 27.2. The number of aromatic nitrogens is 6. The highest BCUT2D eigenvalue weighted by atomic mass is 16.6. The molecule has 10 rings (SSSR count). The maximum absolute atomic E-state index is 12.1. The van der Waals surface area contributed by atoms with Gasteiger partial charge in [0.15, 0.2) is 0 Å². The first kappa shape index (κ1) is 48.8. The minimum Gasteiger partial charge on any atom is -0.493 e. The lowest BCUT2D eigenvalue weighted by atomic mass is 9.89. The number of carbonyl (C=O) groups excluding carboxylic acids is 3. The lowest BCUT2D eigenvalue weighted by molar-refractivity contribution is -0.116. The minimum atomic E-state index is -0.491. The maximum Gasteiger partial charge on any atom is 0.413 e. The number of hydrogen-bond donors (Lipinski definition) is 4. The average Bonchev–Trinajstić information content (AvgIpc) is 4.23. The molecule has 0 fully saturated rings.